The highest BCUT2D eigenvalue weighted by molar-refractivity contribution is 14.1. The summed E-state index contributed by atoms with van der Waals surface area (Å²) in [6.45, 7) is 3.33. The summed E-state index contributed by atoms with van der Waals surface area (Å²) in [6.07, 6.45) is -0.729. The molecule has 0 radical (unpaired) electrons. The van der Waals surface area contributed by atoms with Crippen molar-refractivity contribution in [1.29, 1.82) is 0 Å². The molecule has 0 bridgehead atoms. The zero-order chi connectivity index (χ0) is 17.1. The van der Waals surface area contributed by atoms with E-state index in [9.17, 15) is 18.7 Å². The SMILES string of the molecule is Cc1cc(I)ccc1-c1c(C(=O)NCC(C)O)ccc(F)c1F. The van der Waals surface area contributed by atoms with Gasteiger partial charge in [0.1, 0.15) is 0 Å². The number of amides is 1. The number of aliphatic hydroxyl groups excluding tert-OH is 1. The second kappa shape index (κ2) is 7.35. The Labute approximate surface area is 146 Å². The Kier molecular flexibility index (Phi) is 5.69. The fourth-order valence-corrected chi connectivity index (χ4v) is 2.89. The lowest BCUT2D eigenvalue weighted by Crippen LogP contribution is -2.31. The Hall–Kier alpha value is -1.54. The molecule has 2 aromatic rings. The summed E-state index contributed by atoms with van der Waals surface area (Å²) in [5.41, 5.74) is 1.17. The van der Waals surface area contributed by atoms with E-state index in [2.05, 4.69) is 27.9 Å². The number of nitrogens with one attached hydrogen (secondary N) is 1. The smallest absolute Gasteiger partial charge is 0.252 e. The predicted molar refractivity (Wildman–Crippen MR) is 93.3 cm³/mol. The van der Waals surface area contributed by atoms with Crippen LogP contribution in [0.15, 0.2) is 30.3 Å². The van der Waals surface area contributed by atoms with Crippen LogP contribution in [0.2, 0.25) is 0 Å². The lowest BCUT2D eigenvalue weighted by molar-refractivity contribution is 0.0924. The summed E-state index contributed by atoms with van der Waals surface area (Å²) < 4.78 is 29.0. The van der Waals surface area contributed by atoms with Gasteiger partial charge in [0.05, 0.1) is 11.7 Å². The van der Waals surface area contributed by atoms with Crippen molar-refractivity contribution in [2.24, 2.45) is 0 Å². The molecule has 23 heavy (non-hydrogen) atoms. The molecule has 0 aliphatic carbocycles. The molecule has 0 aliphatic heterocycles. The zero-order valence-electron chi connectivity index (χ0n) is 12.7. The quantitative estimate of drug-likeness (QED) is 0.727. The summed E-state index contributed by atoms with van der Waals surface area (Å²) in [7, 11) is 0. The van der Waals surface area contributed by atoms with Gasteiger partial charge in [-0.25, -0.2) is 8.78 Å². The number of rotatable bonds is 4. The number of hydrogen-bond acceptors (Lipinski definition) is 2. The molecule has 0 aliphatic rings. The summed E-state index contributed by atoms with van der Waals surface area (Å²) in [5, 5.41) is 11.8. The van der Waals surface area contributed by atoms with Crippen molar-refractivity contribution in [2.45, 2.75) is 20.0 Å². The first kappa shape index (κ1) is 17.8. The summed E-state index contributed by atoms with van der Waals surface area (Å²) in [5.74, 6) is -2.62. The number of benzene rings is 2. The minimum atomic E-state index is -1.06. The molecule has 2 N–H and O–H groups in total. The van der Waals surface area contributed by atoms with Crippen molar-refractivity contribution >= 4 is 28.5 Å². The van der Waals surface area contributed by atoms with Gasteiger partial charge in [-0.05, 0) is 71.8 Å². The molecular formula is C17H16F2INO2. The molecule has 0 fully saturated rings. The van der Waals surface area contributed by atoms with Crippen molar-refractivity contribution < 1.29 is 18.7 Å². The molecule has 0 saturated heterocycles. The van der Waals surface area contributed by atoms with Crippen LogP contribution >= 0.6 is 22.6 Å². The lowest BCUT2D eigenvalue weighted by atomic mass is 9.94. The van der Waals surface area contributed by atoms with Gasteiger partial charge in [0, 0.05) is 15.7 Å². The number of aryl methyl sites for hydroxylation is 1. The Bertz CT molecular complexity index is 748. The van der Waals surface area contributed by atoms with Crippen LogP contribution in [0.5, 0.6) is 0 Å². The highest BCUT2D eigenvalue weighted by Gasteiger charge is 2.21. The zero-order valence-corrected chi connectivity index (χ0v) is 14.8. The van der Waals surface area contributed by atoms with E-state index in [1.165, 1.54) is 13.0 Å². The molecule has 6 heteroatoms. The van der Waals surface area contributed by atoms with E-state index in [4.69, 9.17) is 0 Å². The van der Waals surface area contributed by atoms with Gasteiger partial charge < -0.3 is 10.4 Å². The third-order valence-electron chi connectivity index (χ3n) is 3.36. The molecule has 0 aromatic heterocycles. The fourth-order valence-electron chi connectivity index (χ4n) is 2.25. The Balaban J connectivity index is 2.56. The van der Waals surface area contributed by atoms with E-state index in [0.29, 0.717) is 5.56 Å². The van der Waals surface area contributed by atoms with Crippen molar-refractivity contribution in [3.05, 3.63) is 56.7 Å². The molecule has 1 unspecified atom stereocenters. The van der Waals surface area contributed by atoms with Gasteiger partial charge in [-0.15, -0.1) is 0 Å². The molecule has 0 heterocycles. The van der Waals surface area contributed by atoms with E-state index >= 15 is 0 Å². The van der Waals surface area contributed by atoms with Crippen LogP contribution in [-0.4, -0.2) is 23.7 Å². The molecular weight excluding hydrogens is 415 g/mol. The van der Waals surface area contributed by atoms with Crippen LogP contribution in [0, 0.1) is 22.1 Å². The molecule has 0 spiro atoms. The van der Waals surface area contributed by atoms with E-state index in [0.717, 1.165) is 15.2 Å². The highest BCUT2D eigenvalue weighted by Crippen LogP contribution is 2.32. The normalized spacial score (nSPS) is 12.1. The van der Waals surface area contributed by atoms with Crippen LogP contribution in [0.25, 0.3) is 11.1 Å². The third-order valence-corrected chi connectivity index (χ3v) is 4.03. The number of carbonyl (C=O) groups is 1. The minimum absolute atomic E-state index is 0.0307. The molecule has 0 saturated carbocycles. The van der Waals surface area contributed by atoms with E-state index in [-0.39, 0.29) is 17.7 Å². The van der Waals surface area contributed by atoms with Crippen molar-refractivity contribution in [3.8, 4) is 11.1 Å². The molecule has 1 amide bonds. The first-order valence-electron chi connectivity index (χ1n) is 7.02. The predicted octanol–water partition coefficient (Wildman–Crippen LogP) is 3.66. The molecule has 122 valence electrons. The van der Waals surface area contributed by atoms with Gasteiger partial charge in [0.2, 0.25) is 0 Å². The molecule has 1 atom stereocenters. The number of hydrogen-bond donors (Lipinski definition) is 2. The van der Waals surface area contributed by atoms with E-state index < -0.39 is 23.6 Å². The second-order valence-corrected chi connectivity index (χ2v) is 6.55. The lowest BCUT2D eigenvalue weighted by Gasteiger charge is -2.14. The van der Waals surface area contributed by atoms with Crippen LogP contribution in [0.1, 0.15) is 22.8 Å². The van der Waals surface area contributed by atoms with Gasteiger partial charge in [-0.3, -0.25) is 4.79 Å². The standard InChI is InChI=1S/C17H16F2INO2/c1-9-7-11(20)3-4-12(9)15-13(5-6-14(18)16(15)19)17(23)21-8-10(2)22/h3-7,10,22H,8H2,1-2H3,(H,21,23). The van der Waals surface area contributed by atoms with E-state index in [1.54, 1.807) is 19.1 Å². The summed E-state index contributed by atoms with van der Waals surface area (Å²) in [4.78, 5) is 12.3. The van der Waals surface area contributed by atoms with Crippen LogP contribution in [-0.2, 0) is 0 Å². The first-order valence-corrected chi connectivity index (χ1v) is 8.10. The van der Waals surface area contributed by atoms with Gasteiger partial charge >= 0.3 is 0 Å². The average molecular weight is 431 g/mol. The first-order chi connectivity index (χ1) is 10.8. The van der Waals surface area contributed by atoms with Gasteiger partial charge in [-0.1, -0.05) is 6.07 Å². The molecule has 2 rings (SSSR count). The van der Waals surface area contributed by atoms with Crippen molar-refractivity contribution in [2.75, 3.05) is 6.54 Å². The highest BCUT2D eigenvalue weighted by atomic mass is 127. The number of carbonyl (C=O) groups excluding carboxylic acids is 1. The Morgan fingerprint density at radius 2 is 2.00 bits per heavy atom. The van der Waals surface area contributed by atoms with Crippen LogP contribution in [0.3, 0.4) is 0 Å². The van der Waals surface area contributed by atoms with Gasteiger partial charge in [0.15, 0.2) is 11.6 Å². The van der Waals surface area contributed by atoms with Gasteiger partial charge in [-0.2, -0.15) is 0 Å². The monoisotopic (exact) mass is 431 g/mol. The minimum Gasteiger partial charge on any atom is -0.392 e. The fraction of sp³-hybridized carbons (Fsp3) is 0.235. The molecule has 3 nitrogen and oxygen atoms in total. The number of aliphatic hydroxyl groups is 1. The summed E-state index contributed by atoms with van der Waals surface area (Å²) in [6, 6.07) is 7.45. The van der Waals surface area contributed by atoms with E-state index in [1.807, 2.05) is 6.07 Å². The number of halogens is 3. The van der Waals surface area contributed by atoms with Crippen LogP contribution in [0.4, 0.5) is 8.78 Å². The third kappa shape index (κ3) is 4.06. The maximum Gasteiger partial charge on any atom is 0.252 e. The largest absolute Gasteiger partial charge is 0.392 e. The molecule has 2 aromatic carbocycles. The van der Waals surface area contributed by atoms with Gasteiger partial charge in [0.25, 0.3) is 5.91 Å². The average Bonchev–Trinajstić information content (AvgIpc) is 2.48. The van der Waals surface area contributed by atoms with Crippen molar-refractivity contribution in [1.82, 2.24) is 5.32 Å². The topological polar surface area (TPSA) is 49.3 Å². The Morgan fingerprint density at radius 3 is 2.61 bits per heavy atom. The Morgan fingerprint density at radius 1 is 1.30 bits per heavy atom. The van der Waals surface area contributed by atoms with Crippen LogP contribution < -0.4 is 5.32 Å². The van der Waals surface area contributed by atoms with Crippen molar-refractivity contribution in [3.63, 3.8) is 0 Å². The maximum atomic E-state index is 14.4. The maximum absolute atomic E-state index is 14.4. The summed E-state index contributed by atoms with van der Waals surface area (Å²) >= 11 is 2.12. The second-order valence-electron chi connectivity index (χ2n) is 5.30.